The highest BCUT2D eigenvalue weighted by Crippen LogP contribution is 2.53. The quantitative estimate of drug-likeness (QED) is 0.0980. The fourth-order valence-corrected chi connectivity index (χ4v) is 7.42. The Labute approximate surface area is 310 Å². The van der Waals surface area contributed by atoms with Crippen LogP contribution in [0.25, 0.3) is 0 Å². The van der Waals surface area contributed by atoms with Crippen LogP contribution in [0.5, 0.6) is 46.0 Å². The second-order valence-corrected chi connectivity index (χ2v) is 13.1. The molecule has 2 aliphatic rings. The molecule has 286 valence electrons. The van der Waals surface area contributed by atoms with Crippen LogP contribution in [0.2, 0.25) is 0 Å². The number of hydrogen-bond acceptors (Lipinski definition) is 14. The van der Waals surface area contributed by atoms with E-state index < -0.39 is 48.8 Å². The van der Waals surface area contributed by atoms with Gasteiger partial charge in [0.15, 0.2) is 57.6 Å². The van der Waals surface area contributed by atoms with Crippen molar-refractivity contribution in [3.05, 3.63) is 94.0 Å². The van der Waals surface area contributed by atoms with E-state index in [0.29, 0.717) is 11.1 Å². The molecule has 2 saturated heterocycles. The zero-order chi connectivity index (χ0) is 38.8. The van der Waals surface area contributed by atoms with Crippen molar-refractivity contribution in [1.29, 1.82) is 0 Å². The fourth-order valence-electron chi connectivity index (χ4n) is 7.42. The first kappa shape index (κ1) is 38.2. The largest absolute Gasteiger partial charge is 0.504 e. The molecule has 0 aromatic heterocycles. The number of rotatable bonds is 14. The summed E-state index contributed by atoms with van der Waals surface area (Å²) >= 11 is 0. The number of Topliss-reactive ketones (excluding diaryl/α,β-unsaturated/α-hetero) is 2. The second kappa shape index (κ2) is 15.8. The monoisotopic (exact) mass is 746 g/mol. The molecule has 54 heavy (non-hydrogen) atoms. The molecule has 6 atom stereocenters. The van der Waals surface area contributed by atoms with Crippen molar-refractivity contribution in [2.75, 3.05) is 54.9 Å². The number of fused-ring (bicyclic) bond motifs is 1. The van der Waals surface area contributed by atoms with Crippen LogP contribution in [0.1, 0.15) is 67.0 Å². The normalized spacial score (nSPS) is 20.2. The Kier molecular flexibility index (Phi) is 11.2. The molecule has 0 radical (unpaired) electrons. The summed E-state index contributed by atoms with van der Waals surface area (Å²) in [5.74, 6) is -4.61. The zero-order valence-corrected chi connectivity index (χ0v) is 30.0. The Balaban J connectivity index is 1.31. The standard InChI is InChI=1S/C40H42O14/c1-49-31-11-19(5-7-29(31)43)35(45)25(15-41)23-9-21(13-33(51-3)37(23)47)39-27-17-54-40(28(27)18-53-39)22-10-24(38(48)34(14-22)52-4)26(16-42)36(46)20-6-8-30(44)32(12-20)50-2/h5-14,25-28,39-44,47-48H,15-18H2,1-4H3. The van der Waals surface area contributed by atoms with E-state index in [-0.39, 0.29) is 93.3 Å². The van der Waals surface area contributed by atoms with E-state index in [0.717, 1.165) is 0 Å². The van der Waals surface area contributed by atoms with Gasteiger partial charge in [-0.25, -0.2) is 0 Å². The molecule has 0 aliphatic carbocycles. The number of carbonyl (C=O) groups is 2. The zero-order valence-electron chi connectivity index (χ0n) is 30.0. The van der Waals surface area contributed by atoms with Crippen LogP contribution in [-0.4, -0.2) is 97.1 Å². The number of ether oxygens (including phenoxy) is 6. The first-order valence-corrected chi connectivity index (χ1v) is 17.1. The molecule has 6 rings (SSSR count). The first-order chi connectivity index (χ1) is 26.0. The van der Waals surface area contributed by atoms with Gasteiger partial charge in [-0.3, -0.25) is 9.59 Å². The van der Waals surface area contributed by atoms with Gasteiger partial charge in [0.25, 0.3) is 0 Å². The summed E-state index contributed by atoms with van der Waals surface area (Å²) in [6, 6.07) is 14.5. The van der Waals surface area contributed by atoms with Gasteiger partial charge in [-0.1, -0.05) is 0 Å². The Bertz CT molecular complexity index is 1900. The summed E-state index contributed by atoms with van der Waals surface area (Å²) in [6.45, 7) is -0.814. The summed E-state index contributed by atoms with van der Waals surface area (Å²) in [4.78, 5) is 27.4. The summed E-state index contributed by atoms with van der Waals surface area (Å²) in [7, 11) is 5.43. The van der Waals surface area contributed by atoms with Crippen molar-refractivity contribution in [2.24, 2.45) is 11.8 Å². The maximum atomic E-state index is 13.7. The molecule has 2 aliphatic heterocycles. The van der Waals surface area contributed by atoms with Gasteiger partial charge >= 0.3 is 0 Å². The van der Waals surface area contributed by atoms with Crippen LogP contribution in [0.4, 0.5) is 0 Å². The molecule has 14 nitrogen and oxygen atoms in total. The molecule has 6 unspecified atom stereocenters. The van der Waals surface area contributed by atoms with Crippen molar-refractivity contribution in [3.63, 3.8) is 0 Å². The Hall–Kier alpha value is -5.54. The number of aromatic hydroxyl groups is 4. The topological polar surface area (TPSA) is 211 Å². The predicted molar refractivity (Wildman–Crippen MR) is 191 cm³/mol. The van der Waals surface area contributed by atoms with Crippen LogP contribution in [-0.2, 0) is 9.47 Å². The van der Waals surface area contributed by atoms with E-state index in [2.05, 4.69) is 0 Å². The number of aliphatic hydroxyl groups is 2. The minimum Gasteiger partial charge on any atom is -0.504 e. The number of aliphatic hydroxyl groups excluding tert-OH is 2. The predicted octanol–water partition coefficient (Wildman–Crippen LogP) is 4.54. The number of methoxy groups -OCH3 is 4. The Morgan fingerprint density at radius 3 is 1.30 bits per heavy atom. The molecular formula is C40H42O14. The lowest BCUT2D eigenvalue weighted by Gasteiger charge is -2.23. The van der Waals surface area contributed by atoms with E-state index in [1.807, 2.05) is 0 Å². The SMILES string of the molecule is COc1cc(C(=O)C(CO)c2cc(C3OCC4C(c5cc(OC)c(O)c(C(CO)C(=O)c6ccc(O)c(OC)c6)c5)OCC34)cc(OC)c2O)ccc1O. The highest BCUT2D eigenvalue weighted by Gasteiger charge is 2.49. The number of hydrogen-bond donors (Lipinski definition) is 6. The molecule has 0 spiro atoms. The summed E-state index contributed by atoms with van der Waals surface area (Å²) < 4.78 is 34.0. The Morgan fingerprint density at radius 1 is 0.593 bits per heavy atom. The third-order valence-electron chi connectivity index (χ3n) is 10.3. The van der Waals surface area contributed by atoms with Gasteiger partial charge in [-0.05, 0) is 71.8 Å². The van der Waals surface area contributed by atoms with Crippen LogP contribution < -0.4 is 18.9 Å². The fraction of sp³-hybridized carbons (Fsp3) is 0.350. The smallest absolute Gasteiger partial charge is 0.172 e. The van der Waals surface area contributed by atoms with Crippen molar-refractivity contribution >= 4 is 11.6 Å². The van der Waals surface area contributed by atoms with E-state index in [1.54, 1.807) is 24.3 Å². The van der Waals surface area contributed by atoms with Gasteiger partial charge in [0, 0.05) is 34.1 Å². The number of carbonyl (C=O) groups excluding carboxylic acids is 2. The molecular weight excluding hydrogens is 704 g/mol. The maximum absolute atomic E-state index is 13.7. The summed E-state index contributed by atoms with van der Waals surface area (Å²) in [5.41, 5.74) is 1.67. The van der Waals surface area contributed by atoms with E-state index >= 15 is 0 Å². The van der Waals surface area contributed by atoms with Crippen LogP contribution in [0.15, 0.2) is 60.7 Å². The maximum Gasteiger partial charge on any atom is 0.172 e. The number of phenols is 4. The minimum absolute atomic E-state index is 0.0680. The molecule has 4 aromatic rings. The van der Waals surface area contributed by atoms with Crippen molar-refractivity contribution in [3.8, 4) is 46.0 Å². The molecule has 0 amide bonds. The average molecular weight is 747 g/mol. The number of ketones is 2. The highest BCUT2D eigenvalue weighted by molar-refractivity contribution is 6.03. The Morgan fingerprint density at radius 2 is 0.963 bits per heavy atom. The van der Waals surface area contributed by atoms with Crippen molar-refractivity contribution in [2.45, 2.75) is 24.0 Å². The summed E-state index contributed by atoms with van der Waals surface area (Å²) in [5, 5.41) is 63.3. The van der Waals surface area contributed by atoms with Crippen molar-refractivity contribution < 1.29 is 68.6 Å². The lowest BCUT2D eigenvalue weighted by atomic mass is 9.82. The third kappa shape index (κ3) is 6.84. The minimum atomic E-state index is -1.20. The van der Waals surface area contributed by atoms with Gasteiger partial charge in [-0.2, -0.15) is 0 Å². The lowest BCUT2D eigenvalue weighted by molar-refractivity contribution is 0.0190. The van der Waals surface area contributed by atoms with Gasteiger partial charge in [-0.15, -0.1) is 0 Å². The number of benzene rings is 4. The number of phenolic OH excluding ortho intramolecular Hbond substituents is 4. The van der Waals surface area contributed by atoms with Gasteiger partial charge in [0.1, 0.15) is 0 Å². The van der Waals surface area contributed by atoms with Gasteiger partial charge in [0.2, 0.25) is 0 Å². The molecule has 14 heteroatoms. The second-order valence-electron chi connectivity index (χ2n) is 13.1. The average Bonchev–Trinajstić information content (AvgIpc) is 3.80. The summed E-state index contributed by atoms with van der Waals surface area (Å²) in [6.07, 6.45) is -1.16. The lowest BCUT2D eigenvalue weighted by Crippen LogP contribution is -2.19. The van der Waals surface area contributed by atoms with E-state index in [9.17, 15) is 40.2 Å². The van der Waals surface area contributed by atoms with Gasteiger partial charge < -0.3 is 59.1 Å². The van der Waals surface area contributed by atoms with Crippen LogP contribution >= 0.6 is 0 Å². The molecule has 2 fully saturated rings. The van der Waals surface area contributed by atoms with Crippen LogP contribution in [0.3, 0.4) is 0 Å². The molecule has 6 N–H and O–H groups in total. The van der Waals surface area contributed by atoms with Crippen LogP contribution in [0, 0.1) is 11.8 Å². The van der Waals surface area contributed by atoms with E-state index in [4.69, 9.17) is 28.4 Å². The first-order valence-electron chi connectivity index (χ1n) is 17.1. The molecule has 2 heterocycles. The highest BCUT2D eigenvalue weighted by atomic mass is 16.5. The molecule has 0 bridgehead atoms. The van der Waals surface area contributed by atoms with Gasteiger partial charge in [0.05, 0.1) is 78.9 Å². The molecule has 4 aromatic carbocycles. The van der Waals surface area contributed by atoms with Crippen molar-refractivity contribution in [1.82, 2.24) is 0 Å². The van der Waals surface area contributed by atoms with E-state index in [1.165, 1.54) is 64.8 Å². The molecule has 0 saturated carbocycles. The third-order valence-corrected chi connectivity index (χ3v) is 10.3.